The predicted molar refractivity (Wildman–Crippen MR) is 72.1 cm³/mol. The Balaban J connectivity index is 1.72. The maximum Gasteiger partial charge on any atom is 0.181 e. The van der Waals surface area contributed by atoms with Gasteiger partial charge in [0, 0.05) is 20.0 Å². The number of rotatable bonds is 2. The molecule has 1 spiro atoms. The zero-order valence-corrected chi connectivity index (χ0v) is 12.2. The lowest BCUT2D eigenvalue weighted by atomic mass is 10.0. The van der Waals surface area contributed by atoms with Crippen LogP contribution in [0.25, 0.3) is 0 Å². The molecule has 106 valence electrons. The zero-order chi connectivity index (χ0) is 13.5. The summed E-state index contributed by atoms with van der Waals surface area (Å²) < 4.78 is 13.5. The summed E-state index contributed by atoms with van der Waals surface area (Å²) in [6, 6.07) is 0. The van der Waals surface area contributed by atoms with Gasteiger partial charge in [0.15, 0.2) is 5.79 Å². The van der Waals surface area contributed by atoms with Crippen LogP contribution < -0.4 is 0 Å². The third-order valence-corrected chi connectivity index (χ3v) is 4.44. The maximum absolute atomic E-state index is 6.31. The van der Waals surface area contributed by atoms with Crippen LogP contribution in [0.1, 0.15) is 24.2 Å². The van der Waals surface area contributed by atoms with Crippen LogP contribution in [-0.4, -0.2) is 46.8 Å². The number of ether oxygens (including phenoxy) is 2. The van der Waals surface area contributed by atoms with Gasteiger partial charge >= 0.3 is 0 Å². The number of aromatic nitrogens is 2. The van der Waals surface area contributed by atoms with Crippen LogP contribution in [0, 0.1) is 6.92 Å². The molecule has 0 saturated carbocycles. The van der Waals surface area contributed by atoms with Crippen molar-refractivity contribution >= 4 is 11.6 Å². The van der Waals surface area contributed by atoms with Crippen LogP contribution in [0.15, 0.2) is 0 Å². The van der Waals surface area contributed by atoms with E-state index in [1.165, 1.54) is 0 Å². The number of likely N-dealkylation sites (tertiary alicyclic amines) is 1. The molecule has 6 heteroatoms. The van der Waals surface area contributed by atoms with Crippen molar-refractivity contribution in [1.82, 2.24) is 14.7 Å². The van der Waals surface area contributed by atoms with Gasteiger partial charge in [-0.1, -0.05) is 11.6 Å². The van der Waals surface area contributed by atoms with Crippen molar-refractivity contribution in [2.45, 2.75) is 32.1 Å². The molecule has 2 aliphatic rings. The monoisotopic (exact) mass is 285 g/mol. The topological polar surface area (TPSA) is 39.5 Å². The third kappa shape index (κ3) is 2.52. The fourth-order valence-corrected chi connectivity index (χ4v) is 3.22. The van der Waals surface area contributed by atoms with Gasteiger partial charge < -0.3 is 9.47 Å². The quantitative estimate of drug-likeness (QED) is 0.829. The lowest BCUT2D eigenvalue weighted by Gasteiger charge is -2.38. The van der Waals surface area contributed by atoms with E-state index < -0.39 is 0 Å². The SMILES string of the molecule is Cc1nn(C)c(CN2CCCC3(C2)OCCO3)c1Cl. The number of aryl methyl sites for hydroxylation is 2. The molecule has 2 saturated heterocycles. The fraction of sp³-hybridized carbons (Fsp3) is 0.769. The van der Waals surface area contributed by atoms with Crippen molar-refractivity contribution in [3.05, 3.63) is 16.4 Å². The smallest absolute Gasteiger partial charge is 0.181 e. The molecular formula is C13H20ClN3O2. The normalized spacial score (nSPS) is 23.3. The minimum atomic E-state index is -0.377. The van der Waals surface area contributed by atoms with Crippen molar-refractivity contribution in [2.75, 3.05) is 26.3 Å². The van der Waals surface area contributed by atoms with Crippen LogP contribution in [0.4, 0.5) is 0 Å². The van der Waals surface area contributed by atoms with E-state index in [0.29, 0.717) is 13.2 Å². The van der Waals surface area contributed by atoms with E-state index in [-0.39, 0.29) is 5.79 Å². The van der Waals surface area contributed by atoms with E-state index in [9.17, 15) is 0 Å². The molecule has 0 unspecified atom stereocenters. The summed E-state index contributed by atoms with van der Waals surface area (Å²) in [6.07, 6.45) is 2.08. The second kappa shape index (κ2) is 5.05. The molecule has 0 aliphatic carbocycles. The molecule has 5 nitrogen and oxygen atoms in total. The molecule has 0 atom stereocenters. The summed E-state index contributed by atoms with van der Waals surface area (Å²) in [5.74, 6) is -0.377. The van der Waals surface area contributed by atoms with Crippen LogP contribution in [0.3, 0.4) is 0 Å². The average Bonchev–Trinajstić information content (AvgIpc) is 2.91. The molecule has 3 rings (SSSR count). The second-order valence-corrected chi connectivity index (χ2v) is 5.77. The maximum atomic E-state index is 6.31. The standard InChI is InChI=1S/C13H20ClN3O2/c1-10-12(14)11(16(2)15-10)8-17-5-3-4-13(9-17)18-6-7-19-13/h3-9H2,1-2H3. The molecule has 2 fully saturated rings. The molecule has 3 heterocycles. The molecule has 0 radical (unpaired) electrons. The third-order valence-electron chi connectivity index (χ3n) is 3.95. The largest absolute Gasteiger partial charge is 0.346 e. The number of hydrogen-bond acceptors (Lipinski definition) is 4. The van der Waals surface area contributed by atoms with Crippen molar-refractivity contribution in [2.24, 2.45) is 7.05 Å². The Bertz CT molecular complexity index is 469. The first-order valence-electron chi connectivity index (χ1n) is 6.78. The predicted octanol–water partition coefficient (Wildman–Crippen LogP) is 1.72. The first-order chi connectivity index (χ1) is 9.10. The van der Waals surface area contributed by atoms with E-state index >= 15 is 0 Å². The lowest BCUT2D eigenvalue weighted by Crippen LogP contribution is -2.48. The highest BCUT2D eigenvalue weighted by molar-refractivity contribution is 6.31. The Kier molecular flexibility index (Phi) is 3.55. The summed E-state index contributed by atoms with van der Waals surface area (Å²) in [6.45, 7) is 6.01. The molecule has 19 heavy (non-hydrogen) atoms. The summed E-state index contributed by atoms with van der Waals surface area (Å²) in [5.41, 5.74) is 1.95. The highest BCUT2D eigenvalue weighted by Gasteiger charge is 2.40. The summed E-state index contributed by atoms with van der Waals surface area (Å²) in [4.78, 5) is 2.34. The first-order valence-corrected chi connectivity index (χ1v) is 7.16. The number of halogens is 1. The van der Waals surface area contributed by atoms with Gasteiger partial charge in [0.05, 0.1) is 36.2 Å². The van der Waals surface area contributed by atoms with Crippen LogP contribution in [-0.2, 0) is 23.1 Å². The van der Waals surface area contributed by atoms with Crippen molar-refractivity contribution in [3.8, 4) is 0 Å². The number of nitrogens with zero attached hydrogens (tertiary/aromatic N) is 3. The fourth-order valence-electron chi connectivity index (χ4n) is 3.00. The Hall–Kier alpha value is -0.620. The van der Waals surface area contributed by atoms with Gasteiger partial charge in [-0.15, -0.1) is 0 Å². The molecular weight excluding hydrogens is 266 g/mol. The van der Waals surface area contributed by atoms with Gasteiger partial charge in [-0.2, -0.15) is 5.10 Å². The van der Waals surface area contributed by atoms with E-state index in [4.69, 9.17) is 21.1 Å². The molecule has 0 aromatic carbocycles. The zero-order valence-electron chi connectivity index (χ0n) is 11.5. The van der Waals surface area contributed by atoms with Crippen LogP contribution in [0.2, 0.25) is 5.02 Å². The lowest BCUT2D eigenvalue weighted by molar-refractivity contribution is -0.190. The molecule has 0 amide bonds. The number of hydrogen-bond donors (Lipinski definition) is 0. The minimum absolute atomic E-state index is 0.377. The van der Waals surface area contributed by atoms with Crippen molar-refractivity contribution in [3.63, 3.8) is 0 Å². The highest BCUT2D eigenvalue weighted by Crippen LogP contribution is 2.31. The second-order valence-electron chi connectivity index (χ2n) is 5.39. The van der Waals surface area contributed by atoms with Crippen LogP contribution >= 0.6 is 11.6 Å². The van der Waals surface area contributed by atoms with Crippen molar-refractivity contribution < 1.29 is 9.47 Å². The molecule has 0 bridgehead atoms. The van der Waals surface area contributed by atoms with Gasteiger partial charge in [0.2, 0.25) is 0 Å². The first kappa shape index (κ1) is 13.4. The highest BCUT2D eigenvalue weighted by atomic mass is 35.5. The Labute approximate surface area is 118 Å². The van der Waals surface area contributed by atoms with E-state index in [1.54, 1.807) is 0 Å². The molecule has 0 N–H and O–H groups in total. The Morgan fingerprint density at radius 1 is 1.37 bits per heavy atom. The van der Waals surface area contributed by atoms with E-state index in [2.05, 4.69) is 10.00 Å². The average molecular weight is 286 g/mol. The summed E-state index contributed by atoms with van der Waals surface area (Å²) >= 11 is 6.31. The van der Waals surface area contributed by atoms with Gasteiger partial charge in [0.1, 0.15) is 0 Å². The van der Waals surface area contributed by atoms with Crippen LogP contribution in [0.5, 0.6) is 0 Å². The Morgan fingerprint density at radius 2 is 2.11 bits per heavy atom. The van der Waals surface area contributed by atoms with Gasteiger partial charge in [-0.3, -0.25) is 9.58 Å². The number of piperidine rings is 1. The van der Waals surface area contributed by atoms with Crippen molar-refractivity contribution in [1.29, 1.82) is 0 Å². The Morgan fingerprint density at radius 3 is 2.74 bits per heavy atom. The van der Waals surface area contributed by atoms with Gasteiger partial charge in [-0.25, -0.2) is 0 Å². The molecule has 1 aromatic rings. The molecule has 2 aliphatic heterocycles. The van der Waals surface area contributed by atoms with Gasteiger partial charge in [0.25, 0.3) is 0 Å². The summed E-state index contributed by atoms with van der Waals surface area (Å²) in [5, 5.41) is 5.13. The van der Waals surface area contributed by atoms with E-state index in [1.807, 2.05) is 18.7 Å². The van der Waals surface area contributed by atoms with Gasteiger partial charge in [-0.05, 0) is 19.9 Å². The van der Waals surface area contributed by atoms with E-state index in [0.717, 1.165) is 48.9 Å². The minimum Gasteiger partial charge on any atom is -0.346 e. The summed E-state index contributed by atoms with van der Waals surface area (Å²) in [7, 11) is 1.94. The molecule has 1 aromatic heterocycles.